The Hall–Kier alpha value is 0.01000. The minimum Gasteiger partial charge on any atom is -0.308 e. The number of rotatable bonds is 6. The highest BCUT2D eigenvalue weighted by atomic mass is 32.1. The summed E-state index contributed by atoms with van der Waals surface area (Å²) in [5.74, 6) is 0. The first-order valence-corrected chi connectivity index (χ1v) is 6.06. The molecule has 0 radical (unpaired) electrons. The maximum Gasteiger partial charge on any atom is 0.0273 e. The first kappa shape index (κ1) is 12.1. The molecule has 1 saturated heterocycles. The van der Waals surface area contributed by atoms with Crippen molar-refractivity contribution in [1.82, 2.24) is 10.2 Å². The number of hydrogen-bond acceptors (Lipinski definition) is 3. The summed E-state index contributed by atoms with van der Waals surface area (Å²) in [4.78, 5) is 3.61. The monoisotopic (exact) mass is 214 g/mol. The summed E-state index contributed by atoms with van der Waals surface area (Å²) in [5, 5.41) is 3.44. The van der Waals surface area contributed by atoms with Crippen molar-refractivity contribution in [3.63, 3.8) is 0 Å². The normalized spacial score (nSPS) is 22.2. The lowest BCUT2D eigenvalue weighted by atomic mass is 10.2. The van der Waals surface area contributed by atoms with E-state index in [0.29, 0.717) is 6.04 Å². The number of unbranched alkanes of at least 4 members (excludes halogenated alkanes) is 2. The second-order valence-electron chi connectivity index (χ2n) is 4.29. The SMILES string of the molecule is CCCCCN(C)CC1CC(=S)CN1. The molecular weight excluding hydrogens is 192 g/mol. The maximum atomic E-state index is 5.17. The molecule has 1 aliphatic rings. The van der Waals surface area contributed by atoms with E-state index in [-0.39, 0.29) is 0 Å². The third-order valence-electron chi connectivity index (χ3n) is 2.74. The quantitative estimate of drug-likeness (QED) is 0.536. The molecule has 1 unspecified atom stereocenters. The Morgan fingerprint density at radius 1 is 1.50 bits per heavy atom. The molecule has 3 heteroatoms. The average molecular weight is 214 g/mol. The van der Waals surface area contributed by atoms with Gasteiger partial charge >= 0.3 is 0 Å². The van der Waals surface area contributed by atoms with Gasteiger partial charge in [0.2, 0.25) is 0 Å². The van der Waals surface area contributed by atoms with Crippen LogP contribution in [0.2, 0.25) is 0 Å². The fourth-order valence-corrected chi connectivity index (χ4v) is 2.19. The van der Waals surface area contributed by atoms with Crippen molar-refractivity contribution in [3.8, 4) is 0 Å². The van der Waals surface area contributed by atoms with Crippen LogP contribution in [0.3, 0.4) is 0 Å². The van der Waals surface area contributed by atoms with Gasteiger partial charge in [-0.1, -0.05) is 32.0 Å². The van der Waals surface area contributed by atoms with Gasteiger partial charge in [-0.2, -0.15) is 0 Å². The fourth-order valence-electron chi connectivity index (χ4n) is 1.91. The van der Waals surface area contributed by atoms with E-state index in [1.807, 2.05) is 0 Å². The second kappa shape index (κ2) is 6.49. The van der Waals surface area contributed by atoms with E-state index in [4.69, 9.17) is 12.2 Å². The van der Waals surface area contributed by atoms with Crippen LogP contribution in [0.5, 0.6) is 0 Å². The lowest BCUT2D eigenvalue weighted by molar-refractivity contribution is 0.295. The molecule has 82 valence electrons. The second-order valence-corrected chi connectivity index (χ2v) is 4.87. The largest absolute Gasteiger partial charge is 0.308 e. The maximum absolute atomic E-state index is 5.17. The Bertz CT molecular complexity index is 182. The standard InChI is InChI=1S/C11H22N2S/c1-3-4-5-6-13(2)9-10-7-11(14)8-12-10/h10,12H,3-9H2,1-2H3. The third kappa shape index (κ3) is 4.49. The van der Waals surface area contributed by atoms with Gasteiger partial charge in [0.05, 0.1) is 0 Å². The highest BCUT2D eigenvalue weighted by molar-refractivity contribution is 7.80. The molecule has 14 heavy (non-hydrogen) atoms. The minimum absolute atomic E-state index is 0.606. The highest BCUT2D eigenvalue weighted by Gasteiger charge is 2.19. The van der Waals surface area contributed by atoms with Crippen LogP contribution in [0.25, 0.3) is 0 Å². The van der Waals surface area contributed by atoms with Gasteiger partial charge in [0.1, 0.15) is 0 Å². The number of nitrogens with one attached hydrogen (secondary N) is 1. The van der Waals surface area contributed by atoms with E-state index in [2.05, 4.69) is 24.2 Å². The van der Waals surface area contributed by atoms with Gasteiger partial charge in [-0.05, 0) is 26.4 Å². The molecule has 1 fully saturated rings. The predicted molar refractivity (Wildman–Crippen MR) is 66.0 cm³/mol. The molecule has 1 rings (SSSR count). The summed E-state index contributed by atoms with van der Waals surface area (Å²) in [5.41, 5.74) is 0. The van der Waals surface area contributed by atoms with Crippen molar-refractivity contribution in [3.05, 3.63) is 0 Å². The molecule has 0 aliphatic carbocycles. The predicted octanol–water partition coefficient (Wildman–Crippen LogP) is 1.84. The number of thiocarbonyl (C=S) groups is 1. The van der Waals surface area contributed by atoms with E-state index >= 15 is 0 Å². The molecule has 1 atom stereocenters. The van der Waals surface area contributed by atoms with Crippen LogP contribution in [-0.2, 0) is 0 Å². The average Bonchev–Trinajstić information content (AvgIpc) is 2.52. The molecule has 0 spiro atoms. The number of likely N-dealkylation sites (N-methyl/N-ethyl adjacent to an activating group) is 1. The molecule has 1 N–H and O–H groups in total. The number of nitrogens with zero attached hydrogens (tertiary/aromatic N) is 1. The first-order chi connectivity index (χ1) is 6.72. The lowest BCUT2D eigenvalue weighted by Gasteiger charge is -2.20. The fraction of sp³-hybridized carbons (Fsp3) is 0.909. The van der Waals surface area contributed by atoms with Crippen LogP contribution >= 0.6 is 12.2 Å². The van der Waals surface area contributed by atoms with Crippen molar-refractivity contribution in [1.29, 1.82) is 0 Å². The van der Waals surface area contributed by atoms with Gasteiger partial charge in [-0.15, -0.1) is 0 Å². The Kier molecular flexibility index (Phi) is 5.60. The van der Waals surface area contributed by atoms with E-state index in [1.165, 1.54) is 30.7 Å². The zero-order valence-corrected chi connectivity index (χ0v) is 10.2. The summed E-state index contributed by atoms with van der Waals surface area (Å²) < 4.78 is 0. The minimum atomic E-state index is 0.606. The van der Waals surface area contributed by atoms with Gasteiger partial charge < -0.3 is 10.2 Å². The molecule has 0 bridgehead atoms. The molecule has 1 heterocycles. The lowest BCUT2D eigenvalue weighted by Crippen LogP contribution is -2.35. The molecule has 0 aromatic rings. The van der Waals surface area contributed by atoms with Crippen molar-refractivity contribution in [2.75, 3.05) is 26.7 Å². The molecular formula is C11H22N2S. The summed E-state index contributed by atoms with van der Waals surface area (Å²) in [6.07, 6.45) is 5.07. The number of hydrogen-bond donors (Lipinski definition) is 1. The van der Waals surface area contributed by atoms with Crippen LogP contribution in [0.4, 0.5) is 0 Å². The highest BCUT2D eigenvalue weighted by Crippen LogP contribution is 2.05. The van der Waals surface area contributed by atoms with Gasteiger partial charge in [-0.3, -0.25) is 0 Å². The molecule has 0 saturated carbocycles. The Balaban J connectivity index is 2.07. The van der Waals surface area contributed by atoms with Crippen LogP contribution in [0.1, 0.15) is 32.6 Å². The molecule has 2 nitrogen and oxygen atoms in total. The van der Waals surface area contributed by atoms with E-state index in [1.54, 1.807) is 0 Å². The summed E-state index contributed by atoms with van der Waals surface area (Å²) in [7, 11) is 2.21. The third-order valence-corrected chi connectivity index (χ3v) is 3.05. The van der Waals surface area contributed by atoms with Crippen LogP contribution in [-0.4, -0.2) is 42.5 Å². The van der Waals surface area contributed by atoms with Gasteiger partial charge in [0, 0.05) is 24.0 Å². The Labute approximate surface area is 93.1 Å². The van der Waals surface area contributed by atoms with Gasteiger partial charge in [-0.25, -0.2) is 0 Å². The molecule has 0 aromatic heterocycles. The first-order valence-electron chi connectivity index (χ1n) is 5.66. The summed E-state index contributed by atoms with van der Waals surface area (Å²) in [6.45, 7) is 5.56. The van der Waals surface area contributed by atoms with Gasteiger partial charge in [0.25, 0.3) is 0 Å². The Morgan fingerprint density at radius 3 is 2.86 bits per heavy atom. The van der Waals surface area contributed by atoms with E-state index < -0.39 is 0 Å². The van der Waals surface area contributed by atoms with Crippen molar-refractivity contribution in [2.24, 2.45) is 0 Å². The van der Waals surface area contributed by atoms with Crippen LogP contribution in [0.15, 0.2) is 0 Å². The molecule has 1 aliphatic heterocycles. The van der Waals surface area contributed by atoms with Crippen molar-refractivity contribution < 1.29 is 0 Å². The van der Waals surface area contributed by atoms with Crippen LogP contribution in [0, 0.1) is 0 Å². The van der Waals surface area contributed by atoms with E-state index in [0.717, 1.165) is 19.5 Å². The zero-order valence-electron chi connectivity index (χ0n) is 9.38. The van der Waals surface area contributed by atoms with Gasteiger partial charge in [0.15, 0.2) is 0 Å². The zero-order chi connectivity index (χ0) is 10.4. The van der Waals surface area contributed by atoms with E-state index in [9.17, 15) is 0 Å². The summed E-state index contributed by atoms with van der Waals surface area (Å²) in [6, 6.07) is 0.606. The van der Waals surface area contributed by atoms with Crippen molar-refractivity contribution in [2.45, 2.75) is 38.6 Å². The molecule has 0 amide bonds. The smallest absolute Gasteiger partial charge is 0.0273 e. The van der Waals surface area contributed by atoms with Crippen molar-refractivity contribution >= 4 is 17.1 Å². The topological polar surface area (TPSA) is 15.3 Å². The van der Waals surface area contributed by atoms with Crippen LogP contribution < -0.4 is 5.32 Å². The Morgan fingerprint density at radius 2 is 2.29 bits per heavy atom. The molecule has 0 aromatic carbocycles. The summed E-state index contributed by atoms with van der Waals surface area (Å²) >= 11 is 5.17.